The number of nitrogens with one attached hydrogen (secondary N) is 2. The molecule has 33 heavy (non-hydrogen) atoms. The van der Waals surface area contributed by atoms with E-state index in [1.807, 2.05) is 63.2 Å². The minimum Gasteiger partial charge on any atom is -0.436 e. The predicted molar refractivity (Wildman–Crippen MR) is 138 cm³/mol. The first-order chi connectivity index (χ1) is 15.7. The molecule has 2 N–H and O–H groups in total. The summed E-state index contributed by atoms with van der Waals surface area (Å²) in [5.41, 5.74) is 8.04. The molecule has 0 spiro atoms. The molecule has 0 fully saturated rings. The number of aryl methyl sites for hydroxylation is 3. The summed E-state index contributed by atoms with van der Waals surface area (Å²) in [7, 11) is 0. The van der Waals surface area contributed by atoms with E-state index < -0.39 is 0 Å². The Morgan fingerprint density at radius 1 is 0.970 bits per heavy atom. The summed E-state index contributed by atoms with van der Waals surface area (Å²) in [4.78, 5) is 17.3. The molecule has 0 saturated carbocycles. The Morgan fingerprint density at radius 2 is 1.70 bits per heavy atom. The van der Waals surface area contributed by atoms with E-state index >= 15 is 0 Å². The monoisotopic (exact) mass is 457 g/mol. The second-order valence-corrected chi connectivity index (χ2v) is 9.12. The molecular weight excluding hydrogens is 430 g/mol. The van der Waals surface area contributed by atoms with Crippen molar-refractivity contribution in [1.82, 2.24) is 10.3 Å². The quantitative estimate of drug-likeness (QED) is 0.335. The van der Waals surface area contributed by atoms with Crippen LogP contribution in [0.5, 0.6) is 0 Å². The zero-order valence-electron chi connectivity index (χ0n) is 19.4. The van der Waals surface area contributed by atoms with Crippen LogP contribution >= 0.6 is 12.2 Å². The number of anilines is 1. The lowest BCUT2D eigenvalue weighted by molar-refractivity contribution is 0.0977. The molecule has 0 saturated heterocycles. The summed E-state index contributed by atoms with van der Waals surface area (Å²) in [6, 6.07) is 17.7. The minimum absolute atomic E-state index is 0.235. The van der Waals surface area contributed by atoms with Crippen LogP contribution in [0.3, 0.4) is 0 Å². The largest absolute Gasteiger partial charge is 0.436 e. The van der Waals surface area contributed by atoms with E-state index in [-0.39, 0.29) is 11.0 Å². The number of benzene rings is 3. The molecule has 1 heterocycles. The third-order valence-electron chi connectivity index (χ3n) is 5.52. The van der Waals surface area contributed by atoms with Crippen LogP contribution in [0.2, 0.25) is 0 Å². The van der Waals surface area contributed by atoms with Gasteiger partial charge in [0.05, 0.1) is 0 Å². The number of amides is 1. The van der Waals surface area contributed by atoms with Crippen LogP contribution in [0, 0.1) is 20.8 Å². The van der Waals surface area contributed by atoms with E-state index in [2.05, 4.69) is 41.6 Å². The van der Waals surface area contributed by atoms with E-state index in [1.54, 1.807) is 0 Å². The number of aromatic nitrogens is 1. The van der Waals surface area contributed by atoms with Crippen molar-refractivity contribution >= 4 is 40.0 Å². The van der Waals surface area contributed by atoms with Gasteiger partial charge in [0.1, 0.15) is 5.52 Å². The Balaban J connectivity index is 1.54. The number of nitrogens with zero attached hydrogens (tertiary/aromatic N) is 1. The fraction of sp³-hybridized carbons (Fsp3) is 0.222. The average molecular weight is 458 g/mol. The van der Waals surface area contributed by atoms with E-state index in [4.69, 9.17) is 16.6 Å². The summed E-state index contributed by atoms with van der Waals surface area (Å²) >= 11 is 5.41. The molecule has 5 nitrogen and oxygen atoms in total. The van der Waals surface area contributed by atoms with Gasteiger partial charge in [0, 0.05) is 16.8 Å². The fourth-order valence-electron chi connectivity index (χ4n) is 3.75. The molecule has 0 radical (unpaired) electrons. The molecule has 168 valence electrons. The van der Waals surface area contributed by atoms with Crippen molar-refractivity contribution in [3.63, 3.8) is 0 Å². The van der Waals surface area contributed by atoms with Crippen molar-refractivity contribution in [2.45, 2.75) is 40.5 Å². The highest BCUT2D eigenvalue weighted by atomic mass is 32.1. The maximum absolute atomic E-state index is 12.6. The van der Waals surface area contributed by atoms with Crippen molar-refractivity contribution in [3.8, 4) is 11.5 Å². The molecule has 0 aliphatic rings. The van der Waals surface area contributed by atoms with Gasteiger partial charge < -0.3 is 9.73 Å². The highest BCUT2D eigenvalue weighted by Gasteiger charge is 2.13. The minimum atomic E-state index is -0.243. The first-order valence-corrected chi connectivity index (χ1v) is 11.3. The Morgan fingerprint density at radius 3 is 2.39 bits per heavy atom. The number of carbonyl (C=O) groups is 1. The maximum Gasteiger partial charge on any atom is 0.257 e. The maximum atomic E-state index is 12.6. The second kappa shape index (κ2) is 9.16. The third kappa shape index (κ3) is 5.12. The molecule has 1 aromatic heterocycles. The summed E-state index contributed by atoms with van der Waals surface area (Å²) in [5, 5.41) is 6.14. The van der Waals surface area contributed by atoms with Crippen LogP contribution in [0.15, 0.2) is 59.0 Å². The molecule has 6 heteroatoms. The predicted octanol–water partition coefficient (Wildman–Crippen LogP) is 6.67. The summed E-state index contributed by atoms with van der Waals surface area (Å²) < 4.78 is 5.99. The Bertz CT molecular complexity index is 1350. The van der Waals surface area contributed by atoms with Crippen molar-refractivity contribution in [3.05, 3.63) is 82.4 Å². The SMILES string of the molecule is Cc1cc(C)cc(C(=O)NC(=S)Nc2cc(-c3nc4cc(C(C)C)ccc4o3)ccc2C)c1. The molecule has 0 atom stereocenters. The highest BCUT2D eigenvalue weighted by molar-refractivity contribution is 7.80. The van der Waals surface area contributed by atoms with Crippen LogP contribution in [0.1, 0.15) is 52.4 Å². The van der Waals surface area contributed by atoms with Crippen LogP contribution in [0.4, 0.5) is 5.69 Å². The number of hydrogen-bond acceptors (Lipinski definition) is 4. The number of oxazole rings is 1. The van der Waals surface area contributed by atoms with E-state index in [9.17, 15) is 4.79 Å². The van der Waals surface area contributed by atoms with Gasteiger partial charge in [-0.15, -0.1) is 0 Å². The van der Waals surface area contributed by atoms with Crippen molar-refractivity contribution < 1.29 is 9.21 Å². The zero-order valence-corrected chi connectivity index (χ0v) is 20.3. The molecule has 1 amide bonds. The van der Waals surface area contributed by atoms with Crippen LogP contribution in [-0.4, -0.2) is 16.0 Å². The van der Waals surface area contributed by atoms with Crippen LogP contribution in [0.25, 0.3) is 22.6 Å². The van der Waals surface area contributed by atoms with Crippen LogP contribution < -0.4 is 10.6 Å². The average Bonchev–Trinajstić information content (AvgIpc) is 3.17. The first kappa shape index (κ1) is 22.7. The van der Waals surface area contributed by atoms with Gasteiger partial charge in [-0.1, -0.05) is 43.2 Å². The molecule has 0 bridgehead atoms. The molecule has 0 unspecified atom stereocenters. The number of carbonyl (C=O) groups excluding carboxylic acids is 1. The summed E-state index contributed by atoms with van der Waals surface area (Å²) in [5.74, 6) is 0.719. The van der Waals surface area contributed by atoms with Gasteiger partial charge in [0.25, 0.3) is 5.91 Å². The third-order valence-corrected chi connectivity index (χ3v) is 5.73. The van der Waals surface area contributed by atoms with Gasteiger partial charge in [-0.25, -0.2) is 4.98 Å². The van der Waals surface area contributed by atoms with Gasteiger partial charge in [-0.05, 0) is 86.4 Å². The van der Waals surface area contributed by atoms with Gasteiger partial charge in [0.2, 0.25) is 5.89 Å². The van der Waals surface area contributed by atoms with E-state index in [0.29, 0.717) is 17.4 Å². The van der Waals surface area contributed by atoms with Crippen molar-refractivity contribution in [2.24, 2.45) is 0 Å². The van der Waals surface area contributed by atoms with Gasteiger partial charge in [0.15, 0.2) is 10.7 Å². The molecule has 4 aromatic rings. The summed E-state index contributed by atoms with van der Waals surface area (Å²) in [6.07, 6.45) is 0. The molecule has 0 aliphatic carbocycles. The van der Waals surface area contributed by atoms with Crippen LogP contribution in [-0.2, 0) is 0 Å². The lowest BCUT2D eigenvalue weighted by Gasteiger charge is -2.13. The van der Waals surface area contributed by atoms with Crippen molar-refractivity contribution in [2.75, 3.05) is 5.32 Å². The first-order valence-electron chi connectivity index (χ1n) is 10.9. The highest BCUT2D eigenvalue weighted by Crippen LogP contribution is 2.29. The lowest BCUT2D eigenvalue weighted by atomic mass is 10.0. The second-order valence-electron chi connectivity index (χ2n) is 8.72. The van der Waals surface area contributed by atoms with Gasteiger partial charge in [-0.2, -0.15) is 0 Å². The molecule has 4 rings (SSSR count). The van der Waals surface area contributed by atoms with E-state index in [0.717, 1.165) is 39.0 Å². The van der Waals surface area contributed by atoms with Gasteiger partial charge >= 0.3 is 0 Å². The number of rotatable bonds is 4. The Labute approximate surface area is 199 Å². The Hall–Kier alpha value is -3.51. The normalized spacial score (nSPS) is 11.1. The molecule has 3 aromatic carbocycles. The number of fused-ring (bicyclic) bond motifs is 1. The standard InChI is InChI=1S/C27H27N3O2S/c1-15(2)19-8-9-24-23(13-19)28-26(32-24)20-7-6-18(5)22(14-20)29-27(33)30-25(31)21-11-16(3)10-17(4)12-21/h6-15H,1-5H3,(H2,29,30,31,33). The molecular formula is C27H27N3O2S. The summed E-state index contributed by atoms with van der Waals surface area (Å²) in [6.45, 7) is 10.2. The lowest BCUT2D eigenvalue weighted by Crippen LogP contribution is -2.34. The van der Waals surface area contributed by atoms with E-state index in [1.165, 1.54) is 5.56 Å². The van der Waals surface area contributed by atoms with Crippen molar-refractivity contribution in [1.29, 1.82) is 0 Å². The van der Waals surface area contributed by atoms with Gasteiger partial charge in [-0.3, -0.25) is 10.1 Å². The Kier molecular flexibility index (Phi) is 6.29. The number of thiocarbonyl (C=S) groups is 1. The number of hydrogen-bond donors (Lipinski definition) is 2. The smallest absolute Gasteiger partial charge is 0.257 e. The zero-order chi connectivity index (χ0) is 23.7. The topological polar surface area (TPSA) is 67.2 Å². The molecule has 0 aliphatic heterocycles. The fourth-order valence-corrected chi connectivity index (χ4v) is 3.95.